The average molecular weight is 474 g/mol. The van der Waals surface area contributed by atoms with E-state index in [1.54, 1.807) is 6.07 Å². The summed E-state index contributed by atoms with van der Waals surface area (Å²) in [5.74, 6) is 0.174. The van der Waals surface area contributed by atoms with Crippen molar-refractivity contribution in [1.82, 2.24) is 15.0 Å². The third-order valence-electron chi connectivity index (χ3n) is 4.68. The topological polar surface area (TPSA) is 69.4 Å². The first-order valence-electron chi connectivity index (χ1n) is 10.9. The van der Waals surface area contributed by atoms with Crippen LogP contribution in [0.3, 0.4) is 0 Å². The minimum atomic E-state index is -2.24. The molecule has 0 amide bonds. The summed E-state index contributed by atoms with van der Waals surface area (Å²) in [5, 5.41) is 19.4. The molecule has 6 nitrogen and oxygen atoms in total. The number of phenols is 1. The van der Waals surface area contributed by atoms with Crippen molar-refractivity contribution in [2.75, 3.05) is 0 Å². The van der Waals surface area contributed by atoms with E-state index in [0.29, 0.717) is 5.69 Å². The predicted molar refractivity (Wildman–Crippen MR) is 134 cm³/mol. The van der Waals surface area contributed by atoms with Crippen LogP contribution in [0.15, 0.2) is 42.5 Å². The summed E-state index contributed by atoms with van der Waals surface area (Å²) >= 11 is 0. The molecule has 3 aromatic rings. The number of aromatic hydroxyl groups is 1. The van der Waals surface area contributed by atoms with Crippen molar-refractivity contribution in [3.63, 3.8) is 0 Å². The van der Waals surface area contributed by atoms with Gasteiger partial charge in [0.15, 0.2) is 16.6 Å². The van der Waals surface area contributed by atoms with Crippen LogP contribution in [-0.2, 0) is 14.7 Å². The normalized spacial score (nSPS) is 13.1. The van der Waals surface area contributed by atoms with Gasteiger partial charge in [-0.1, -0.05) is 18.2 Å². The number of fused-ring (bicyclic) bond motifs is 1. The van der Waals surface area contributed by atoms with Crippen LogP contribution in [0.1, 0.15) is 12.0 Å². The van der Waals surface area contributed by atoms with Crippen LogP contribution in [0, 0.1) is 0 Å². The molecular formula is C22H35N3O3Si3. The summed E-state index contributed by atoms with van der Waals surface area (Å²) in [6, 6.07) is 14.3. The zero-order valence-corrected chi connectivity index (χ0v) is 22.8. The second kappa shape index (κ2) is 8.99. The molecule has 0 spiro atoms. The van der Waals surface area contributed by atoms with Gasteiger partial charge >= 0.3 is 8.56 Å². The third-order valence-corrected chi connectivity index (χ3v) is 14.3. The van der Waals surface area contributed by atoms with Crippen molar-refractivity contribution in [3.05, 3.63) is 48.0 Å². The molecule has 0 saturated heterocycles. The van der Waals surface area contributed by atoms with Crippen molar-refractivity contribution in [2.24, 2.45) is 0 Å². The Morgan fingerprint density at radius 2 is 1.39 bits per heavy atom. The second-order valence-electron chi connectivity index (χ2n) is 10.2. The fourth-order valence-electron chi connectivity index (χ4n) is 3.88. The molecule has 2 aromatic carbocycles. The van der Waals surface area contributed by atoms with Gasteiger partial charge in [-0.05, 0) is 94.5 Å². The van der Waals surface area contributed by atoms with Gasteiger partial charge in [0, 0.05) is 0 Å². The van der Waals surface area contributed by atoms with Crippen molar-refractivity contribution in [3.8, 4) is 11.4 Å². The molecule has 0 atom stereocenters. The quantitative estimate of drug-likeness (QED) is 0.396. The maximum atomic E-state index is 10.4. The predicted octanol–water partition coefficient (Wildman–Crippen LogP) is 5.83. The van der Waals surface area contributed by atoms with E-state index in [1.807, 2.05) is 36.4 Å². The minimum Gasteiger partial charge on any atom is -0.506 e. The van der Waals surface area contributed by atoms with Crippen LogP contribution in [0.25, 0.3) is 16.7 Å². The molecule has 1 aromatic heterocycles. The van der Waals surface area contributed by atoms with Crippen LogP contribution < -0.4 is 0 Å². The lowest BCUT2D eigenvalue weighted by molar-refractivity contribution is 0.381. The highest BCUT2D eigenvalue weighted by molar-refractivity contribution is 6.87. The van der Waals surface area contributed by atoms with E-state index in [4.69, 9.17) is 8.23 Å². The highest BCUT2D eigenvalue weighted by Gasteiger charge is 2.39. The van der Waals surface area contributed by atoms with Crippen LogP contribution in [0.2, 0.25) is 51.9 Å². The van der Waals surface area contributed by atoms with Gasteiger partial charge in [0.2, 0.25) is 0 Å². The number of benzene rings is 2. The van der Waals surface area contributed by atoms with Crippen molar-refractivity contribution in [2.45, 2.75) is 64.7 Å². The van der Waals surface area contributed by atoms with Crippen molar-refractivity contribution in [1.29, 1.82) is 0 Å². The summed E-state index contributed by atoms with van der Waals surface area (Å²) in [5.41, 5.74) is 3.36. The lowest BCUT2D eigenvalue weighted by Crippen LogP contribution is -2.52. The summed E-state index contributed by atoms with van der Waals surface area (Å²) in [6.07, 6.45) is 1.87. The standard InChI is InChI=1S/C22H35N3O3Si3/c1-29(2,3)27-31(7,28-30(4,5)6)16-10-11-18-14-15-22(26)21(17-18)25-23-19-12-8-9-13-20(19)24-25/h8-9,12-15,17,26H,10-11,16H2,1-7H3. The number of aromatic nitrogens is 3. The third kappa shape index (κ3) is 6.84. The lowest BCUT2D eigenvalue weighted by Gasteiger charge is -2.38. The highest BCUT2D eigenvalue weighted by atomic mass is 28.5. The molecule has 1 heterocycles. The Balaban J connectivity index is 1.74. The Kier molecular flexibility index (Phi) is 6.92. The average Bonchev–Trinajstić information content (AvgIpc) is 3.03. The monoisotopic (exact) mass is 473 g/mol. The maximum Gasteiger partial charge on any atom is 0.314 e. The first-order valence-corrected chi connectivity index (χ1v) is 20.2. The number of rotatable bonds is 9. The molecule has 1 N–H and O–H groups in total. The Hall–Kier alpha value is -1.79. The molecule has 0 bridgehead atoms. The number of phenolic OH excluding ortho intramolecular Hbond substituents is 1. The molecular weight excluding hydrogens is 439 g/mol. The van der Waals surface area contributed by atoms with Crippen molar-refractivity contribution >= 4 is 36.2 Å². The molecule has 0 fully saturated rings. The summed E-state index contributed by atoms with van der Waals surface area (Å²) in [7, 11) is -5.63. The van der Waals surface area contributed by atoms with E-state index in [-0.39, 0.29) is 5.75 Å². The largest absolute Gasteiger partial charge is 0.506 e. The Labute approximate surface area is 188 Å². The lowest BCUT2D eigenvalue weighted by atomic mass is 10.1. The smallest absolute Gasteiger partial charge is 0.314 e. The molecule has 0 aliphatic carbocycles. The molecule has 0 saturated carbocycles. The molecule has 0 aliphatic rings. The Morgan fingerprint density at radius 1 is 0.839 bits per heavy atom. The SMILES string of the molecule is C[Si](C)(C)O[Si](C)(CCCc1ccc(O)c(-n2nc3ccccc3n2)c1)O[Si](C)(C)C. The van der Waals surface area contributed by atoms with E-state index in [1.165, 1.54) is 4.80 Å². The number of aryl methyl sites for hydroxylation is 1. The van der Waals surface area contributed by atoms with Gasteiger partial charge in [-0.3, -0.25) is 0 Å². The van der Waals surface area contributed by atoms with Crippen LogP contribution in [-0.4, -0.2) is 45.3 Å². The van der Waals surface area contributed by atoms with Crippen LogP contribution in [0.5, 0.6) is 5.75 Å². The first-order chi connectivity index (χ1) is 14.3. The fraction of sp³-hybridized carbons (Fsp3) is 0.455. The number of nitrogens with zero attached hydrogens (tertiary/aromatic N) is 3. The number of hydrogen-bond acceptors (Lipinski definition) is 5. The van der Waals surface area contributed by atoms with Crippen LogP contribution >= 0.6 is 0 Å². The van der Waals surface area contributed by atoms with E-state index in [2.05, 4.69) is 56.0 Å². The van der Waals surface area contributed by atoms with Gasteiger partial charge in [0.05, 0.1) is 0 Å². The Morgan fingerprint density at radius 3 is 1.90 bits per heavy atom. The molecule has 168 valence electrons. The van der Waals surface area contributed by atoms with E-state index >= 15 is 0 Å². The van der Waals surface area contributed by atoms with E-state index in [9.17, 15) is 5.11 Å². The minimum absolute atomic E-state index is 0.174. The second-order valence-corrected chi connectivity index (χ2v) is 23.1. The first kappa shape index (κ1) is 23.9. The summed E-state index contributed by atoms with van der Waals surface area (Å²) in [6.45, 7) is 15.6. The number of hydrogen-bond donors (Lipinski definition) is 1. The van der Waals surface area contributed by atoms with Gasteiger partial charge in [0.25, 0.3) is 0 Å². The molecule has 0 unspecified atom stereocenters. The van der Waals surface area contributed by atoms with Crippen LogP contribution in [0.4, 0.5) is 0 Å². The molecule has 9 heteroatoms. The van der Waals surface area contributed by atoms with Gasteiger partial charge < -0.3 is 13.3 Å². The highest BCUT2D eigenvalue weighted by Crippen LogP contribution is 2.28. The molecule has 0 radical (unpaired) electrons. The van der Waals surface area contributed by atoms with E-state index < -0.39 is 25.2 Å². The summed E-state index contributed by atoms with van der Waals surface area (Å²) < 4.78 is 13.2. The van der Waals surface area contributed by atoms with Gasteiger partial charge in [0.1, 0.15) is 22.5 Å². The fourth-order valence-corrected chi connectivity index (χ4v) is 16.4. The van der Waals surface area contributed by atoms with Gasteiger partial charge in [-0.25, -0.2) is 0 Å². The zero-order chi connectivity index (χ0) is 22.9. The van der Waals surface area contributed by atoms with Gasteiger partial charge in [-0.2, -0.15) is 0 Å². The maximum absolute atomic E-state index is 10.4. The molecule has 3 rings (SSSR count). The van der Waals surface area contributed by atoms with E-state index in [0.717, 1.165) is 35.5 Å². The Bertz CT molecular complexity index is 993. The molecule has 0 aliphatic heterocycles. The zero-order valence-electron chi connectivity index (χ0n) is 19.8. The summed E-state index contributed by atoms with van der Waals surface area (Å²) in [4.78, 5) is 1.52. The van der Waals surface area contributed by atoms with Gasteiger partial charge in [-0.15, -0.1) is 15.0 Å². The molecule has 31 heavy (non-hydrogen) atoms. The van der Waals surface area contributed by atoms with Crippen molar-refractivity contribution < 1.29 is 13.3 Å².